The fourth-order valence-corrected chi connectivity index (χ4v) is 2.98. The van der Waals surface area contributed by atoms with Gasteiger partial charge in [-0.2, -0.15) is 23.5 Å². The highest BCUT2D eigenvalue weighted by molar-refractivity contribution is 6.02. The van der Waals surface area contributed by atoms with Gasteiger partial charge in [-0.25, -0.2) is 10.1 Å². The first-order valence-corrected chi connectivity index (χ1v) is 9.28. The van der Waals surface area contributed by atoms with Gasteiger partial charge in [-0.15, -0.1) is 5.10 Å². The fraction of sp³-hybridized carbons (Fsp3) is 0.150. The minimum absolute atomic E-state index is 0.0354. The number of anilines is 1. The minimum Gasteiger partial charge on any atom is -0.497 e. The number of aromatic nitrogens is 6. The average molecular weight is 441 g/mol. The number of halogens is 2. The van der Waals surface area contributed by atoms with E-state index in [1.165, 1.54) is 36.3 Å². The Morgan fingerprint density at radius 3 is 2.62 bits per heavy atom. The minimum atomic E-state index is -3.00. The Balaban J connectivity index is 1.62. The SMILES string of the molecule is COc1ccc(-c2cc(NC(=O)c3nc(C)n(-c4ncn[nH]4)n3)ccc2OC(F)F)cc1. The molecule has 0 unspecified atom stereocenters. The number of ether oxygens (including phenoxy) is 2. The summed E-state index contributed by atoms with van der Waals surface area (Å²) >= 11 is 0. The highest BCUT2D eigenvalue weighted by Gasteiger charge is 2.18. The Morgan fingerprint density at radius 2 is 1.97 bits per heavy atom. The molecule has 2 aromatic carbocycles. The molecule has 0 spiro atoms. The smallest absolute Gasteiger partial charge is 0.387 e. The summed E-state index contributed by atoms with van der Waals surface area (Å²) in [7, 11) is 1.52. The van der Waals surface area contributed by atoms with Gasteiger partial charge < -0.3 is 14.8 Å². The van der Waals surface area contributed by atoms with Crippen molar-refractivity contribution >= 4 is 11.6 Å². The molecule has 2 aromatic heterocycles. The van der Waals surface area contributed by atoms with Crippen LogP contribution in [0.2, 0.25) is 0 Å². The van der Waals surface area contributed by atoms with Crippen LogP contribution in [0.4, 0.5) is 14.5 Å². The molecule has 2 N–H and O–H groups in total. The standard InChI is InChI=1S/C20H17F2N7O3/c1-11-25-17(28-29(11)20-23-10-24-27-20)18(30)26-13-5-8-16(32-19(21)22)15(9-13)12-3-6-14(31-2)7-4-12/h3-10,19H,1-2H3,(H,26,30)(H,23,24,27). The molecule has 0 radical (unpaired) electrons. The molecule has 2 heterocycles. The van der Waals surface area contributed by atoms with Gasteiger partial charge >= 0.3 is 6.61 Å². The van der Waals surface area contributed by atoms with Gasteiger partial charge in [-0.1, -0.05) is 12.1 Å². The van der Waals surface area contributed by atoms with Crippen molar-refractivity contribution in [3.63, 3.8) is 0 Å². The van der Waals surface area contributed by atoms with Gasteiger partial charge in [0.15, 0.2) is 0 Å². The average Bonchev–Trinajstić information content (AvgIpc) is 3.44. The first-order chi connectivity index (χ1) is 15.4. The van der Waals surface area contributed by atoms with E-state index < -0.39 is 12.5 Å². The Bertz CT molecular complexity index is 1220. The van der Waals surface area contributed by atoms with Crippen molar-refractivity contribution < 1.29 is 23.0 Å². The van der Waals surface area contributed by atoms with Crippen molar-refractivity contribution in [2.75, 3.05) is 12.4 Å². The van der Waals surface area contributed by atoms with Crippen LogP contribution in [0.15, 0.2) is 48.8 Å². The van der Waals surface area contributed by atoms with Crippen molar-refractivity contribution in [2.24, 2.45) is 0 Å². The van der Waals surface area contributed by atoms with Crippen LogP contribution in [0.3, 0.4) is 0 Å². The molecule has 0 saturated heterocycles. The van der Waals surface area contributed by atoms with E-state index in [2.05, 4.69) is 35.3 Å². The van der Waals surface area contributed by atoms with E-state index in [-0.39, 0.29) is 11.6 Å². The van der Waals surface area contributed by atoms with Crippen LogP contribution in [0.5, 0.6) is 11.5 Å². The second kappa shape index (κ2) is 8.79. The zero-order chi connectivity index (χ0) is 22.7. The molecule has 1 amide bonds. The molecule has 4 aromatic rings. The quantitative estimate of drug-likeness (QED) is 0.452. The molecular weight excluding hydrogens is 424 g/mol. The highest BCUT2D eigenvalue weighted by atomic mass is 19.3. The fourth-order valence-electron chi connectivity index (χ4n) is 2.98. The van der Waals surface area contributed by atoms with Gasteiger partial charge in [0, 0.05) is 11.3 Å². The summed E-state index contributed by atoms with van der Waals surface area (Å²) in [4.78, 5) is 20.8. The summed E-state index contributed by atoms with van der Waals surface area (Å²) in [6.07, 6.45) is 1.31. The van der Waals surface area contributed by atoms with Crippen molar-refractivity contribution in [3.8, 4) is 28.6 Å². The number of aromatic amines is 1. The lowest BCUT2D eigenvalue weighted by Crippen LogP contribution is -2.14. The van der Waals surface area contributed by atoms with Crippen molar-refractivity contribution in [1.29, 1.82) is 0 Å². The largest absolute Gasteiger partial charge is 0.497 e. The van der Waals surface area contributed by atoms with Gasteiger partial charge in [0.1, 0.15) is 23.7 Å². The molecule has 32 heavy (non-hydrogen) atoms. The van der Waals surface area contributed by atoms with Gasteiger partial charge in [0.05, 0.1) is 7.11 Å². The van der Waals surface area contributed by atoms with E-state index in [9.17, 15) is 13.6 Å². The van der Waals surface area contributed by atoms with E-state index >= 15 is 0 Å². The molecule has 12 heteroatoms. The number of aryl methyl sites for hydroxylation is 1. The molecule has 0 aliphatic heterocycles. The monoisotopic (exact) mass is 441 g/mol. The molecule has 0 bridgehead atoms. The van der Waals surface area contributed by atoms with Crippen molar-refractivity contribution in [1.82, 2.24) is 29.9 Å². The van der Waals surface area contributed by atoms with E-state index in [1.54, 1.807) is 31.2 Å². The molecule has 0 aliphatic carbocycles. The topological polar surface area (TPSA) is 120 Å². The molecule has 10 nitrogen and oxygen atoms in total. The van der Waals surface area contributed by atoms with Crippen LogP contribution < -0.4 is 14.8 Å². The van der Waals surface area contributed by atoms with E-state index in [0.29, 0.717) is 34.3 Å². The number of carbonyl (C=O) groups is 1. The number of benzene rings is 2. The van der Waals surface area contributed by atoms with Crippen molar-refractivity contribution in [2.45, 2.75) is 13.5 Å². The third-order valence-corrected chi connectivity index (χ3v) is 4.43. The van der Waals surface area contributed by atoms with Gasteiger partial charge in [-0.05, 0) is 42.8 Å². The first-order valence-electron chi connectivity index (χ1n) is 9.28. The van der Waals surface area contributed by atoms with Crippen LogP contribution in [0.25, 0.3) is 17.1 Å². The molecule has 0 fully saturated rings. The zero-order valence-corrected chi connectivity index (χ0v) is 16.9. The number of methoxy groups -OCH3 is 1. The Morgan fingerprint density at radius 1 is 1.19 bits per heavy atom. The second-order valence-corrected chi connectivity index (χ2v) is 6.48. The van der Waals surface area contributed by atoms with E-state index in [1.807, 2.05) is 0 Å². The van der Waals surface area contributed by atoms with E-state index in [4.69, 9.17) is 4.74 Å². The maximum atomic E-state index is 12.9. The van der Waals surface area contributed by atoms with E-state index in [0.717, 1.165) is 0 Å². The number of carbonyl (C=O) groups excluding carboxylic acids is 1. The van der Waals surface area contributed by atoms with Crippen LogP contribution in [-0.4, -0.2) is 49.6 Å². The third-order valence-electron chi connectivity index (χ3n) is 4.43. The molecule has 0 atom stereocenters. The number of alkyl halides is 2. The number of nitrogens with one attached hydrogen (secondary N) is 2. The van der Waals surface area contributed by atoms with Crippen LogP contribution in [-0.2, 0) is 0 Å². The van der Waals surface area contributed by atoms with Crippen LogP contribution >= 0.6 is 0 Å². The lowest BCUT2D eigenvalue weighted by atomic mass is 10.0. The lowest BCUT2D eigenvalue weighted by Gasteiger charge is -2.13. The summed E-state index contributed by atoms with van der Waals surface area (Å²) in [5.74, 6) is 0.619. The molecule has 164 valence electrons. The Hall–Kier alpha value is -4.35. The molecule has 4 rings (SSSR count). The van der Waals surface area contributed by atoms with Gasteiger partial charge in [0.2, 0.25) is 11.8 Å². The number of nitrogens with zero attached hydrogens (tertiary/aromatic N) is 5. The number of hydrogen-bond acceptors (Lipinski definition) is 7. The lowest BCUT2D eigenvalue weighted by molar-refractivity contribution is -0.0494. The third kappa shape index (κ3) is 4.38. The summed E-state index contributed by atoms with van der Waals surface area (Å²) in [6, 6.07) is 11.1. The normalized spacial score (nSPS) is 10.9. The Kier molecular flexibility index (Phi) is 5.75. The Labute approximate surface area is 180 Å². The molecule has 0 saturated carbocycles. The summed E-state index contributed by atoms with van der Waals surface area (Å²) < 4.78 is 36.9. The summed E-state index contributed by atoms with van der Waals surface area (Å²) in [5.41, 5.74) is 1.30. The predicted octanol–water partition coefficient (Wildman–Crippen LogP) is 3.22. The highest BCUT2D eigenvalue weighted by Crippen LogP contribution is 2.34. The van der Waals surface area contributed by atoms with Crippen molar-refractivity contribution in [3.05, 3.63) is 60.4 Å². The maximum Gasteiger partial charge on any atom is 0.387 e. The molecule has 0 aliphatic rings. The zero-order valence-electron chi connectivity index (χ0n) is 16.9. The maximum absolute atomic E-state index is 12.9. The number of H-pyrrole nitrogens is 1. The summed E-state index contributed by atoms with van der Waals surface area (Å²) in [5, 5.41) is 13.2. The van der Waals surface area contributed by atoms with Gasteiger partial charge in [-0.3, -0.25) is 4.79 Å². The second-order valence-electron chi connectivity index (χ2n) is 6.48. The van der Waals surface area contributed by atoms with Crippen LogP contribution in [0, 0.1) is 6.92 Å². The van der Waals surface area contributed by atoms with Gasteiger partial charge in [0.25, 0.3) is 5.91 Å². The summed E-state index contributed by atoms with van der Waals surface area (Å²) in [6.45, 7) is -1.34. The number of rotatable bonds is 7. The molecular formula is C20H17F2N7O3. The first kappa shape index (κ1) is 20.9. The number of amides is 1. The predicted molar refractivity (Wildman–Crippen MR) is 109 cm³/mol. The van der Waals surface area contributed by atoms with Crippen LogP contribution in [0.1, 0.15) is 16.4 Å². The number of hydrogen-bond donors (Lipinski definition) is 2.